The third kappa shape index (κ3) is 17.8. The molecule has 288 valence electrons. The molecule has 0 bridgehead atoms. The quantitative estimate of drug-likeness (QED) is 0.0747. The second-order valence-corrected chi connectivity index (χ2v) is 27.1. The molecule has 2 aromatic carbocycles. The molecular weight excluding hydrogens is 689 g/mol. The fraction of sp³-hybridized carbons (Fsp3) is 0.632. The molecule has 4 rings (SSSR count). The molecule has 11 nitrogen and oxygen atoms in total. The van der Waals surface area contributed by atoms with E-state index in [1.165, 1.54) is 32.4 Å². The van der Waals surface area contributed by atoms with Gasteiger partial charge in [0.2, 0.25) is 0 Å². The smallest absolute Gasteiger partial charge is 0.337 e. The Morgan fingerprint density at radius 1 is 0.686 bits per heavy atom. The van der Waals surface area contributed by atoms with Gasteiger partial charge >= 0.3 is 11.9 Å². The number of carbonyl (C=O) groups excluding carboxylic acids is 2. The first-order chi connectivity index (χ1) is 23.9. The van der Waals surface area contributed by atoms with Gasteiger partial charge < -0.3 is 43.4 Å². The molecule has 2 aliphatic carbocycles. The molecule has 51 heavy (non-hydrogen) atoms. The number of methoxy groups -OCH3 is 2. The van der Waals surface area contributed by atoms with Crippen LogP contribution in [0.25, 0.3) is 0 Å². The Kier molecular flexibility index (Phi) is 18.5. The Morgan fingerprint density at radius 2 is 1.14 bits per heavy atom. The third-order valence-electron chi connectivity index (χ3n) is 8.31. The molecule has 0 heterocycles. The lowest BCUT2D eigenvalue weighted by molar-refractivity contribution is 0.0154. The largest absolute Gasteiger partial charge is 0.504 e. The van der Waals surface area contributed by atoms with E-state index < -0.39 is 28.1 Å². The second-order valence-electron chi connectivity index (χ2n) is 15.8. The Hall–Kier alpha value is -3.11. The van der Waals surface area contributed by atoms with E-state index in [0.717, 1.165) is 43.7 Å². The molecule has 0 atom stereocenters. The van der Waals surface area contributed by atoms with Crippen molar-refractivity contribution in [2.45, 2.75) is 103 Å². The van der Waals surface area contributed by atoms with Crippen LogP contribution < -0.4 is 14.2 Å². The van der Waals surface area contributed by atoms with Gasteiger partial charge in [-0.15, -0.1) is 0 Å². The van der Waals surface area contributed by atoms with E-state index in [9.17, 15) is 14.7 Å². The molecule has 2 fully saturated rings. The number of aromatic hydroxyl groups is 1. The lowest BCUT2D eigenvalue weighted by Gasteiger charge is -2.33. The van der Waals surface area contributed by atoms with E-state index in [1.54, 1.807) is 18.2 Å². The zero-order valence-electron chi connectivity index (χ0n) is 32.4. The van der Waals surface area contributed by atoms with Gasteiger partial charge in [0, 0.05) is 29.4 Å². The maximum absolute atomic E-state index is 11.8. The van der Waals surface area contributed by atoms with E-state index in [2.05, 4.69) is 57.9 Å². The van der Waals surface area contributed by atoms with Gasteiger partial charge in [-0.3, -0.25) is 0 Å². The summed E-state index contributed by atoms with van der Waals surface area (Å²) < 4.78 is 37.4. The highest BCUT2D eigenvalue weighted by Gasteiger charge is 2.28. The Balaban J connectivity index is 0.000000308. The molecule has 0 saturated heterocycles. The molecule has 2 N–H and O–H groups in total. The van der Waals surface area contributed by atoms with Gasteiger partial charge in [0.25, 0.3) is 0 Å². The van der Waals surface area contributed by atoms with Gasteiger partial charge in [0.05, 0.1) is 37.6 Å². The number of ether oxygens (including phenoxy) is 7. The van der Waals surface area contributed by atoms with Crippen molar-refractivity contribution in [3.63, 3.8) is 0 Å². The summed E-state index contributed by atoms with van der Waals surface area (Å²) in [5, 5.41) is 18.3. The molecular formula is C38H62O11Si2. The normalized spacial score (nSPS) is 19.4. The number of hydrogen-bond acceptors (Lipinski definition) is 11. The molecule has 0 unspecified atom stereocenters. The molecule has 0 radical (unpaired) electrons. The summed E-state index contributed by atoms with van der Waals surface area (Å²) in [5.74, 6) is 1.97. The summed E-state index contributed by atoms with van der Waals surface area (Å²) in [6.07, 6.45) is 4.41. The SMILES string of the molecule is CC1CC(O)C1.COC(=O)c1ccc(O)c(OCOCC[Si](C)(C)C)c1.COC(=O)c1ccc(OC2CC(C)C2)c(OCOCC[Si](C)(C)C)c1. The Bertz CT molecular complexity index is 1340. The fourth-order valence-electron chi connectivity index (χ4n) is 4.89. The highest BCUT2D eigenvalue weighted by atomic mass is 28.3. The summed E-state index contributed by atoms with van der Waals surface area (Å²) in [7, 11) is 0.429. The molecule has 0 aromatic heterocycles. The van der Waals surface area contributed by atoms with Crippen LogP contribution >= 0.6 is 0 Å². The zero-order chi connectivity index (χ0) is 38.2. The number of phenols is 1. The number of carbonyl (C=O) groups is 2. The summed E-state index contributed by atoms with van der Waals surface area (Å²) >= 11 is 0. The standard InChI is InChI=1S/C19H30O5Si.C14H22O5Si.C5H10O/c1-14-10-16(11-14)24-17-7-6-15(19(20)21-2)12-18(17)23-13-22-8-9-25(3,4)5;1-17-14(16)11-5-6-12(15)13(9-11)19-10-18-7-8-20(2,3)4;1-4-2-5(6)3-4/h6-7,12,14,16H,8-11,13H2,1-5H3;5-6,9,15H,7-8,10H2,1-4H3;4-6H,2-3H2,1H3. The van der Waals surface area contributed by atoms with Crippen molar-refractivity contribution in [2.24, 2.45) is 11.8 Å². The molecule has 13 heteroatoms. The predicted octanol–water partition coefficient (Wildman–Crippen LogP) is 7.99. The lowest BCUT2D eigenvalue weighted by atomic mass is 9.84. The van der Waals surface area contributed by atoms with Crippen LogP contribution in [0.1, 0.15) is 60.2 Å². The second kappa shape index (κ2) is 21.4. The third-order valence-corrected chi connectivity index (χ3v) is 11.7. The van der Waals surface area contributed by atoms with Gasteiger partial charge in [0.15, 0.2) is 36.6 Å². The Labute approximate surface area is 306 Å². The minimum absolute atomic E-state index is 0.0357. The minimum Gasteiger partial charge on any atom is -0.504 e. The number of hydrogen-bond donors (Lipinski definition) is 2. The van der Waals surface area contributed by atoms with E-state index >= 15 is 0 Å². The molecule has 2 aromatic rings. The van der Waals surface area contributed by atoms with E-state index in [-0.39, 0.29) is 37.3 Å². The number of rotatable bonds is 16. The first-order valence-electron chi connectivity index (χ1n) is 17.8. The lowest BCUT2D eigenvalue weighted by Crippen LogP contribution is -2.32. The molecule has 0 amide bonds. The van der Waals surface area contributed by atoms with Crippen molar-refractivity contribution in [3.05, 3.63) is 47.5 Å². The van der Waals surface area contributed by atoms with Crippen LogP contribution in [0, 0.1) is 11.8 Å². The van der Waals surface area contributed by atoms with E-state index in [4.69, 9.17) is 33.5 Å². The highest BCUT2D eigenvalue weighted by molar-refractivity contribution is 6.76. The maximum atomic E-state index is 11.8. The first kappa shape index (κ1) is 44.1. The first-order valence-corrected chi connectivity index (χ1v) is 25.2. The predicted molar refractivity (Wildman–Crippen MR) is 204 cm³/mol. The summed E-state index contributed by atoms with van der Waals surface area (Å²) in [6, 6.07) is 11.6. The van der Waals surface area contributed by atoms with Crippen LogP contribution in [0.5, 0.6) is 23.0 Å². The van der Waals surface area contributed by atoms with Crippen molar-refractivity contribution in [2.75, 3.05) is 41.0 Å². The number of benzene rings is 2. The minimum atomic E-state index is -1.12. The van der Waals surface area contributed by atoms with Crippen LogP contribution in [0.2, 0.25) is 51.4 Å². The van der Waals surface area contributed by atoms with Crippen molar-refractivity contribution in [1.82, 2.24) is 0 Å². The van der Waals surface area contributed by atoms with Gasteiger partial charge in [-0.2, -0.15) is 0 Å². The topological polar surface area (TPSA) is 139 Å². The summed E-state index contributed by atoms with van der Waals surface area (Å²) in [5.41, 5.74) is 0.760. The van der Waals surface area contributed by atoms with Crippen LogP contribution in [-0.4, -0.2) is 91.5 Å². The van der Waals surface area contributed by atoms with Crippen LogP contribution in [0.3, 0.4) is 0 Å². The van der Waals surface area contributed by atoms with Crippen molar-refractivity contribution in [3.8, 4) is 23.0 Å². The molecule has 2 aliphatic rings. The van der Waals surface area contributed by atoms with Crippen LogP contribution in [-0.2, 0) is 18.9 Å². The fourth-order valence-corrected chi connectivity index (χ4v) is 6.40. The molecule has 2 saturated carbocycles. The summed E-state index contributed by atoms with van der Waals surface area (Å²) in [4.78, 5) is 23.1. The van der Waals surface area contributed by atoms with Crippen molar-refractivity contribution in [1.29, 1.82) is 0 Å². The van der Waals surface area contributed by atoms with E-state index in [1.807, 2.05) is 0 Å². The maximum Gasteiger partial charge on any atom is 0.337 e. The average molecular weight is 751 g/mol. The van der Waals surface area contributed by atoms with Crippen LogP contribution in [0.4, 0.5) is 0 Å². The number of phenolic OH excluding ortho intramolecular Hbond substituents is 1. The van der Waals surface area contributed by atoms with Gasteiger partial charge in [0.1, 0.15) is 0 Å². The average Bonchev–Trinajstić information content (AvgIpc) is 3.03. The molecule has 0 aliphatic heterocycles. The van der Waals surface area contributed by atoms with Gasteiger partial charge in [-0.05, 0) is 86.0 Å². The number of aliphatic hydroxyl groups excluding tert-OH is 1. The van der Waals surface area contributed by atoms with Crippen molar-refractivity contribution >= 4 is 28.1 Å². The summed E-state index contributed by atoms with van der Waals surface area (Å²) in [6.45, 7) is 19.6. The highest BCUT2D eigenvalue weighted by Crippen LogP contribution is 2.36. The number of aliphatic hydroxyl groups is 1. The van der Waals surface area contributed by atoms with Crippen LogP contribution in [0.15, 0.2) is 36.4 Å². The van der Waals surface area contributed by atoms with Gasteiger partial charge in [-0.1, -0.05) is 53.1 Å². The Morgan fingerprint density at radius 3 is 1.55 bits per heavy atom. The van der Waals surface area contributed by atoms with Crippen molar-refractivity contribution < 1.29 is 53.0 Å². The molecule has 0 spiro atoms. The van der Waals surface area contributed by atoms with Gasteiger partial charge in [-0.25, -0.2) is 9.59 Å². The monoisotopic (exact) mass is 750 g/mol. The zero-order valence-corrected chi connectivity index (χ0v) is 34.4. The number of esters is 2. The van der Waals surface area contributed by atoms with E-state index in [0.29, 0.717) is 41.8 Å².